The number of hydrogen-bond donors (Lipinski definition) is 2. The van der Waals surface area contributed by atoms with Gasteiger partial charge in [-0.1, -0.05) is 36.7 Å². The number of carbonyl (C=O) groups excluding carboxylic acids is 2. The summed E-state index contributed by atoms with van der Waals surface area (Å²) in [6.07, 6.45) is 1.36. The maximum absolute atomic E-state index is 12.7. The molecule has 0 fully saturated rings. The molecule has 2 aromatic carbocycles. The first kappa shape index (κ1) is 20.5. The maximum Gasteiger partial charge on any atom is 0.265 e. The molecule has 0 aliphatic rings. The highest BCUT2D eigenvalue weighted by atomic mass is 35.5. The van der Waals surface area contributed by atoms with E-state index in [1.807, 2.05) is 13.8 Å². The van der Waals surface area contributed by atoms with Crippen LogP contribution in [0.2, 0.25) is 5.02 Å². The van der Waals surface area contributed by atoms with Crippen molar-refractivity contribution < 1.29 is 14.3 Å². The molecule has 0 aromatic heterocycles. The summed E-state index contributed by atoms with van der Waals surface area (Å²) in [4.78, 5) is 24.9. The van der Waals surface area contributed by atoms with Crippen LogP contribution in [0, 0.1) is 6.92 Å². The summed E-state index contributed by atoms with van der Waals surface area (Å²) in [7, 11) is 0. The van der Waals surface area contributed by atoms with E-state index in [2.05, 4.69) is 17.2 Å². The van der Waals surface area contributed by atoms with Gasteiger partial charge in [-0.15, -0.1) is 6.58 Å². The molecule has 0 radical (unpaired) electrons. The highest BCUT2D eigenvalue weighted by Crippen LogP contribution is 2.23. The van der Waals surface area contributed by atoms with Gasteiger partial charge in [0.05, 0.1) is 11.3 Å². The highest BCUT2D eigenvalue weighted by molar-refractivity contribution is 6.31. The Morgan fingerprint density at radius 2 is 2.00 bits per heavy atom. The number of aryl methyl sites for hydroxylation is 1. The SMILES string of the molecule is C=CCNC(=O)c1ccccc1NC(=O)C(CC)Oc1ccc(Cl)c(C)c1. The van der Waals surface area contributed by atoms with E-state index in [4.69, 9.17) is 16.3 Å². The van der Waals surface area contributed by atoms with E-state index in [1.54, 1.807) is 48.5 Å². The van der Waals surface area contributed by atoms with Crippen LogP contribution in [0.15, 0.2) is 55.1 Å². The average molecular weight is 387 g/mol. The van der Waals surface area contributed by atoms with Crippen LogP contribution in [0.5, 0.6) is 5.75 Å². The molecule has 5 nitrogen and oxygen atoms in total. The summed E-state index contributed by atoms with van der Waals surface area (Å²) in [5, 5.41) is 6.13. The summed E-state index contributed by atoms with van der Waals surface area (Å²) >= 11 is 6.03. The molecule has 27 heavy (non-hydrogen) atoms. The number of nitrogens with one attached hydrogen (secondary N) is 2. The zero-order valence-electron chi connectivity index (χ0n) is 15.4. The van der Waals surface area contributed by atoms with Crippen LogP contribution in [-0.4, -0.2) is 24.5 Å². The molecule has 0 saturated heterocycles. The Morgan fingerprint density at radius 3 is 2.67 bits per heavy atom. The van der Waals surface area contributed by atoms with E-state index in [0.717, 1.165) is 5.56 Å². The second kappa shape index (κ2) is 9.78. The van der Waals surface area contributed by atoms with Crippen molar-refractivity contribution in [2.75, 3.05) is 11.9 Å². The number of carbonyl (C=O) groups is 2. The van der Waals surface area contributed by atoms with Crippen LogP contribution in [0.1, 0.15) is 29.3 Å². The number of hydrogen-bond acceptors (Lipinski definition) is 3. The molecule has 0 aliphatic heterocycles. The zero-order valence-corrected chi connectivity index (χ0v) is 16.2. The molecule has 0 bridgehead atoms. The Morgan fingerprint density at radius 1 is 1.26 bits per heavy atom. The Bertz CT molecular complexity index is 836. The van der Waals surface area contributed by atoms with Gasteiger partial charge in [0, 0.05) is 11.6 Å². The van der Waals surface area contributed by atoms with Gasteiger partial charge in [-0.25, -0.2) is 0 Å². The van der Waals surface area contributed by atoms with Gasteiger partial charge in [0.2, 0.25) is 0 Å². The summed E-state index contributed by atoms with van der Waals surface area (Å²) in [5.74, 6) is -0.0434. The van der Waals surface area contributed by atoms with E-state index in [1.165, 1.54) is 0 Å². The molecule has 2 rings (SSSR count). The first-order valence-corrected chi connectivity index (χ1v) is 9.05. The number of para-hydroxylation sites is 1. The van der Waals surface area contributed by atoms with Gasteiger partial charge in [0.25, 0.3) is 11.8 Å². The molecule has 142 valence electrons. The minimum absolute atomic E-state index is 0.284. The summed E-state index contributed by atoms with van der Waals surface area (Å²) in [6.45, 7) is 7.64. The molecule has 2 amide bonds. The van der Waals surface area contributed by atoms with Crippen LogP contribution >= 0.6 is 11.6 Å². The number of amides is 2. The smallest absolute Gasteiger partial charge is 0.265 e. The third kappa shape index (κ3) is 5.59. The monoisotopic (exact) mass is 386 g/mol. The highest BCUT2D eigenvalue weighted by Gasteiger charge is 2.21. The van der Waals surface area contributed by atoms with Gasteiger partial charge in [-0.2, -0.15) is 0 Å². The first-order chi connectivity index (χ1) is 13.0. The fourth-order valence-corrected chi connectivity index (χ4v) is 2.56. The Hall–Kier alpha value is -2.79. The normalized spacial score (nSPS) is 11.4. The standard InChI is InChI=1S/C21H23ClN2O3/c1-4-12-23-20(25)16-8-6-7-9-18(16)24-21(26)19(5-2)27-15-10-11-17(22)14(3)13-15/h4,6-11,13,19H,1,5,12H2,2-3H3,(H,23,25)(H,24,26). The number of anilines is 1. The average Bonchev–Trinajstić information content (AvgIpc) is 2.67. The lowest BCUT2D eigenvalue weighted by atomic mass is 10.1. The second-order valence-electron chi connectivity index (χ2n) is 5.96. The fourth-order valence-electron chi connectivity index (χ4n) is 2.44. The lowest BCUT2D eigenvalue weighted by Crippen LogP contribution is -2.33. The van der Waals surface area contributed by atoms with Crippen molar-refractivity contribution in [3.8, 4) is 5.75 Å². The molecule has 0 heterocycles. The molecule has 6 heteroatoms. The van der Waals surface area contributed by atoms with Crippen LogP contribution in [0.3, 0.4) is 0 Å². The van der Waals surface area contributed by atoms with Gasteiger partial charge in [-0.3, -0.25) is 9.59 Å². The fraction of sp³-hybridized carbons (Fsp3) is 0.238. The number of halogens is 1. The molecular formula is C21H23ClN2O3. The first-order valence-electron chi connectivity index (χ1n) is 8.68. The Labute approximate surface area is 164 Å². The van der Waals surface area contributed by atoms with Crippen LogP contribution in [0.4, 0.5) is 5.69 Å². The largest absolute Gasteiger partial charge is 0.481 e. The minimum Gasteiger partial charge on any atom is -0.481 e. The molecule has 1 unspecified atom stereocenters. The van der Waals surface area contributed by atoms with Crippen molar-refractivity contribution >= 4 is 29.1 Å². The predicted molar refractivity (Wildman–Crippen MR) is 108 cm³/mol. The van der Waals surface area contributed by atoms with Crippen molar-refractivity contribution in [2.24, 2.45) is 0 Å². The maximum atomic E-state index is 12.7. The topological polar surface area (TPSA) is 67.4 Å². The van der Waals surface area contributed by atoms with E-state index < -0.39 is 6.10 Å². The van der Waals surface area contributed by atoms with Gasteiger partial charge >= 0.3 is 0 Å². The molecule has 0 aliphatic carbocycles. The van der Waals surface area contributed by atoms with E-state index in [-0.39, 0.29) is 11.8 Å². The molecule has 2 aromatic rings. The third-order valence-corrected chi connectivity index (χ3v) is 4.33. The third-order valence-electron chi connectivity index (χ3n) is 3.91. The lowest BCUT2D eigenvalue weighted by molar-refractivity contribution is -0.122. The van der Waals surface area contributed by atoms with Crippen molar-refractivity contribution in [1.82, 2.24) is 5.32 Å². The predicted octanol–water partition coefficient (Wildman–Crippen LogP) is 4.36. The number of rotatable bonds is 8. The summed E-state index contributed by atoms with van der Waals surface area (Å²) < 4.78 is 5.81. The molecule has 0 saturated carbocycles. The van der Waals surface area contributed by atoms with Gasteiger partial charge in [-0.05, 0) is 49.2 Å². The van der Waals surface area contributed by atoms with Gasteiger partial charge < -0.3 is 15.4 Å². The van der Waals surface area contributed by atoms with Gasteiger partial charge in [0.1, 0.15) is 5.75 Å². The van der Waals surface area contributed by atoms with Crippen molar-refractivity contribution in [1.29, 1.82) is 0 Å². The summed E-state index contributed by atoms with van der Waals surface area (Å²) in [5.41, 5.74) is 1.68. The van der Waals surface area contributed by atoms with Crippen LogP contribution in [0.25, 0.3) is 0 Å². The van der Waals surface area contributed by atoms with Crippen molar-refractivity contribution in [3.05, 3.63) is 71.3 Å². The van der Waals surface area contributed by atoms with E-state index in [0.29, 0.717) is 35.0 Å². The van der Waals surface area contributed by atoms with Crippen molar-refractivity contribution in [3.63, 3.8) is 0 Å². The van der Waals surface area contributed by atoms with E-state index >= 15 is 0 Å². The van der Waals surface area contributed by atoms with Crippen LogP contribution < -0.4 is 15.4 Å². The number of ether oxygens (including phenoxy) is 1. The molecule has 0 spiro atoms. The molecular weight excluding hydrogens is 364 g/mol. The summed E-state index contributed by atoms with van der Waals surface area (Å²) in [6, 6.07) is 12.1. The quantitative estimate of drug-likeness (QED) is 0.662. The zero-order chi connectivity index (χ0) is 19.8. The second-order valence-corrected chi connectivity index (χ2v) is 6.37. The van der Waals surface area contributed by atoms with E-state index in [9.17, 15) is 9.59 Å². The molecule has 2 N–H and O–H groups in total. The van der Waals surface area contributed by atoms with Gasteiger partial charge in [0.15, 0.2) is 6.10 Å². The number of benzene rings is 2. The Balaban J connectivity index is 2.13. The molecule has 1 atom stereocenters. The lowest BCUT2D eigenvalue weighted by Gasteiger charge is -2.19. The van der Waals surface area contributed by atoms with Crippen LogP contribution in [-0.2, 0) is 4.79 Å². The Kier molecular flexibility index (Phi) is 7.44. The minimum atomic E-state index is -0.699. The van der Waals surface area contributed by atoms with Crippen molar-refractivity contribution in [2.45, 2.75) is 26.4 Å².